The van der Waals surface area contributed by atoms with Crippen molar-refractivity contribution < 1.29 is 4.74 Å². The summed E-state index contributed by atoms with van der Waals surface area (Å²) in [5.41, 5.74) is 2.40. The van der Waals surface area contributed by atoms with Crippen LogP contribution in [0.2, 0.25) is 0 Å². The number of aromatic nitrogens is 3. The topological polar surface area (TPSA) is 79.6 Å². The zero-order chi connectivity index (χ0) is 22.9. The number of guanidine groups is 1. The predicted molar refractivity (Wildman–Crippen MR) is 131 cm³/mol. The van der Waals surface area contributed by atoms with Gasteiger partial charge < -0.3 is 15.4 Å². The van der Waals surface area contributed by atoms with Crippen molar-refractivity contribution >= 4 is 5.96 Å². The Morgan fingerprint density at radius 1 is 1.09 bits per heavy atom. The molecule has 2 N–H and O–H groups in total. The Morgan fingerprint density at radius 3 is 2.61 bits per heavy atom. The average Bonchev–Trinajstić information content (AvgIpc) is 3.42. The minimum absolute atomic E-state index is 0.280. The molecule has 2 aromatic heterocycles. The molecule has 0 aliphatic carbocycles. The van der Waals surface area contributed by atoms with E-state index >= 15 is 0 Å². The second-order valence-corrected chi connectivity index (χ2v) is 8.17. The van der Waals surface area contributed by atoms with Crippen molar-refractivity contribution in [3.63, 3.8) is 0 Å². The Balaban J connectivity index is 1.39. The number of nitrogens with one attached hydrogen (secondary N) is 2. The van der Waals surface area contributed by atoms with Crippen molar-refractivity contribution in [2.75, 3.05) is 33.8 Å². The molecule has 8 nitrogen and oxygen atoms in total. The molecular weight excluding hydrogens is 414 g/mol. The van der Waals surface area contributed by atoms with Crippen molar-refractivity contribution in [3.05, 3.63) is 72.2 Å². The number of hydrogen-bond donors (Lipinski definition) is 2. The minimum Gasteiger partial charge on any atom is -0.497 e. The summed E-state index contributed by atoms with van der Waals surface area (Å²) in [6.45, 7) is 3.67. The smallest absolute Gasteiger partial charge is 0.191 e. The van der Waals surface area contributed by atoms with Gasteiger partial charge in [-0.05, 0) is 67.4 Å². The Bertz CT molecular complexity index is 1010. The number of methoxy groups -OCH3 is 1. The van der Waals surface area contributed by atoms with Crippen LogP contribution in [0.5, 0.6) is 5.75 Å². The molecule has 0 spiro atoms. The van der Waals surface area contributed by atoms with Gasteiger partial charge in [-0.25, -0.2) is 9.67 Å². The van der Waals surface area contributed by atoms with Crippen molar-refractivity contribution in [1.82, 2.24) is 30.3 Å². The fourth-order valence-corrected chi connectivity index (χ4v) is 4.21. The lowest BCUT2D eigenvalue weighted by Crippen LogP contribution is -2.44. The lowest BCUT2D eigenvalue weighted by Gasteiger charge is -2.35. The molecular formula is C25H33N7O. The molecule has 8 heteroatoms. The van der Waals surface area contributed by atoms with Gasteiger partial charge in [0.25, 0.3) is 0 Å². The van der Waals surface area contributed by atoms with Crippen LogP contribution >= 0.6 is 0 Å². The molecule has 3 aromatic rings. The summed E-state index contributed by atoms with van der Waals surface area (Å²) >= 11 is 0. The first-order valence-electron chi connectivity index (χ1n) is 11.5. The van der Waals surface area contributed by atoms with E-state index in [9.17, 15) is 0 Å². The minimum atomic E-state index is 0.280. The van der Waals surface area contributed by atoms with Crippen molar-refractivity contribution in [1.29, 1.82) is 0 Å². The third kappa shape index (κ3) is 6.10. The van der Waals surface area contributed by atoms with E-state index in [0.717, 1.165) is 42.7 Å². The molecule has 3 heterocycles. The van der Waals surface area contributed by atoms with Crippen molar-refractivity contribution in [2.24, 2.45) is 4.99 Å². The Labute approximate surface area is 195 Å². The highest BCUT2D eigenvalue weighted by Gasteiger charge is 2.22. The number of nitrogens with zero attached hydrogens (tertiary/aromatic N) is 5. The maximum absolute atomic E-state index is 5.35. The number of hydrogen-bond acceptors (Lipinski definition) is 5. The van der Waals surface area contributed by atoms with Crippen LogP contribution in [0.15, 0.2) is 66.0 Å². The molecule has 0 saturated carbocycles. The van der Waals surface area contributed by atoms with Crippen LogP contribution in [0.3, 0.4) is 0 Å². The summed E-state index contributed by atoms with van der Waals surface area (Å²) < 4.78 is 7.11. The number of pyridine rings is 1. The number of likely N-dealkylation sites (tertiary alicyclic amines) is 1. The van der Waals surface area contributed by atoms with Crippen LogP contribution in [0.4, 0.5) is 0 Å². The zero-order valence-electron chi connectivity index (χ0n) is 19.4. The van der Waals surface area contributed by atoms with Gasteiger partial charge in [0.05, 0.1) is 13.2 Å². The standard InChI is InChI=1S/C25H33N7O/c1-26-25(28-18-20-11-13-27-24(17-20)32-16-6-12-30-32)29-19-23(31-14-4-3-5-15-31)21-7-9-22(33-2)10-8-21/h6-13,16-17,23H,3-5,14-15,18-19H2,1-2H3,(H2,26,28,29). The summed E-state index contributed by atoms with van der Waals surface area (Å²) in [6, 6.07) is 14.6. The molecule has 1 unspecified atom stereocenters. The molecule has 1 fully saturated rings. The van der Waals surface area contributed by atoms with Crippen molar-refractivity contribution in [3.8, 4) is 11.6 Å². The van der Waals surface area contributed by atoms with E-state index in [2.05, 4.69) is 42.7 Å². The quantitative estimate of drug-likeness (QED) is 0.408. The molecule has 1 atom stereocenters. The van der Waals surface area contributed by atoms with E-state index in [0.29, 0.717) is 6.54 Å². The lowest BCUT2D eigenvalue weighted by atomic mass is 10.0. The number of ether oxygens (including phenoxy) is 1. The molecule has 1 aromatic carbocycles. The van der Waals surface area contributed by atoms with E-state index < -0.39 is 0 Å². The average molecular weight is 448 g/mol. The largest absolute Gasteiger partial charge is 0.497 e. The Kier molecular flexibility index (Phi) is 7.92. The summed E-state index contributed by atoms with van der Waals surface area (Å²) in [7, 11) is 3.51. The first-order valence-corrected chi connectivity index (χ1v) is 11.5. The van der Waals surface area contributed by atoms with E-state index in [4.69, 9.17) is 4.74 Å². The second kappa shape index (κ2) is 11.5. The van der Waals surface area contributed by atoms with Crippen molar-refractivity contribution in [2.45, 2.75) is 31.8 Å². The summed E-state index contributed by atoms with van der Waals surface area (Å²) in [6.07, 6.45) is 9.26. The van der Waals surface area contributed by atoms with Gasteiger partial charge >= 0.3 is 0 Å². The summed E-state index contributed by atoms with van der Waals surface area (Å²) in [4.78, 5) is 11.4. The molecule has 174 valence electrons. The third-order valence-corrected chi connectivity index (χ3v) is 6.03. The predicted octanol–water partition coefficient (Wildman–Crippen LogP) is 3.17. The van der Waals surface area contributed by atoms with Gasteiger partial charge in [-0.2, -0.15) is 5.10 Å². The van der Waals surface area contributed by atoms with Crippen LogP contribution in [0, 0.1) is 0 Å². The normalized spacial score (nSPS) is 15.8. The molecule has 1 aliphatic rings. The Hall–Kier alpha value is -3.39. The summed E-state index contributed by atoms with van der Waals surface area (Å²) in [5, 5.41) is 11.2. The molecule has 1 saturated heterocycles. The first-order chi connectivity index (χ1) is 16.3. The zero-order valence-corrected chi connectivity index (χ0v) is 19.4. The molecule has 1 aliphatic heterocycles. The maximum atomic E-state index is 5.35. The highest BCUT2D eigenvalue weighted by atomic mass is 16.5. The van der Waals surface area contributed by atoms with Gasteiger partial charge in [0.1, 0.15) is 5.75 Å². The monoisotopic (exact) mass is 447 g/mol. The van der Waals surface area contributed by atoms with Crippen LogP contribution in [0.1, 0.15) is 36.4 Å². The van der Waals surface area contributed by atoms with Gasteiger partial charge in [-0.1, -0.05) is 18.6 Å². The molecule has 4 rings (SSSR count). The van der Waals surface area contributed by atoms with Gasteiger partial charge in [-0.3, -0.25) is 9.89 Å². The van der Waals surface area contributed by atoms with Crippen LogP contribution in [0.25, 0.3) is 5.82 Å². The van der Waals surface area contributed by atoms with E-state index in [1.807, 2.05) is 36.5 Å². The fraction of sp³-hybridized carbons (Fsp3) is 0.400. The van der Waals surface area contributed by atoms with Gasteiger partial charge in [0, 0.05) is 38.7 Å². The molecule has 0 bridgehead atoms. The maximum Gasteiger partial charge on any atom is 0.191 e. The molecule has 0 radical (unpaired) electrons. The first kappa shape index (κ1) is 22.8. The number of rotatable bonds is 8. The SMILES string of the molecule is CN=C(NCc1ccnc(-n2cccn2)c1)NCC(c1ccc(OC)cc1)N1CCCCC1. The van der Waals surface area contributed by atoms with Gasteiger partial charge in [-0.15, -0.1) is 0 Å². The molecule has 0 amide bonds. The van der Waals surface area contributed by atoms with E-state index in [-0.39, 0.29) is 6.04 Å². The van der Waals surface area contributed by atoms with Crippen LogP contribution in [-0.4, -0.2) is 59.4 Å². The van der Waals surface area contributed by atoms with Crippen LogP contribution < -0.4 is 15.4 Å². The number of benzene rings is 1. The fourth-order valence-electron chi connectivity index (χ4n) is 4.21. The third-order valence-electron chi connectivity index (χ3n) is 6.03. The van der Waals surface area contributed by atoms with Gasteiger partial charge in [0.15, 0.2) is 11.8 Å². The Morgan fingerprint density at radius 2 is 1.91 bits per heavy atom. The van der Waals surface area contributed by atoms with Gasteiger partial charge in [0.2, 0.25) is 0 Å². The highest BCUT2D eigenvalue weighted by Crippen LogP contribution is 2.25. The lowest BCUT2D eigenvalue weighted by molar-refractivity contribution is 0.164. The number of piperidine rings is 1. The van der Waals surface area contributed by atoms with Crippen LogP contribution in [-0.2, 0) is 6.54 Å². The number of aliphatic imine (C=N–C) groups is 1. The van der Waals surface area contributed by atoms with E-state index in [1.165, 1.54) is 24.8 Å². The second-order valence-electron chi connectivity index (χ2n) is 8.17. The highest BCUT2D eigenvalue weighted by molar-refractivity contribution is 5.79. The molecule has 33 heavy (non-hydrogen) atoms. The van der Waals surface area contributed by atoms with E-state index in [1.54, 1.807) is 31.2 Å². The summed E-state index contributed by atoms with van der Waals surface area (Å²) in [5.74, 6) is 2.46.